The molecule has 2 heterocycles. The summed E-state index contributed by atoms with van der Waals surface area (Å²) in [6.07, 6.45) is 3.50. The minimum Gasteiger partial charge on any atom is -0.478 e. The molecule has 0 saturated heterocycles. The number of hydrogen-bond donors (Lipinski definition) is 2. The molecule has 0 aliphatic carbocycles. The first-order valence-electron chi connectivity index (χ1n) is 10.6. The predicted molar refractivity (Wildman–Crippen MR) is 132 cm³/mol. The van der Waals surface area contributed by atoms with Crippen molar-refractivity contribution in [1.82, 2.24) is 9.97 Å². The summed E-state index contributed by atoms with van der Waals surface area (Å²) in [5.41, 5.74) is 2.45. The van der Waals surface area contributed by atoms with E-state index >= 15 is 0 Å². The molecule has 2 N–H and O–H groups in total. The van der Waals surface area contributed by atoms with Crippen molar-refractivity contribution in [3.63, 3.8) is 0 Å². The highest BCUT2D eigenvalue weighted by atomic mass is 32.2. The fourth-order valence-electron chi connectivity index (χ4n) is 4.08. The monoisotopic (exact) mass is 471 g/mol. The number of fused-ring (bicyclic) bond motifs is 2. The van der Waals surface area contributed by atoms with Crippen LogP contribution in [-0.4, -0.2) is 29.5 Å². The molecular formula is C26H21N3O4S. The number of carbonyl (C=O) groups is 1. The van der Waals surface area contributed by atoms with Gasteiger partial charge in [0.05, 0.1) is 17.0 Å². The maximum absolute atomic E-state index is 13.9. The SMILES string of the molecule is Cc1c(N(Cc2ccc3cc[nH]c3c2)S(=O)(=O)c2ccc(C(=O)O)cc2)ncc2ccccc12. The van der Waals surface area contributed by atoms with Crippen LogP contribution in [0, 0.1) is 6.92 Å². The standard InChI is InChI=1S/C26H21N3O4S/c1-17-23-5-3-2-4-21(23)15-28-25(17)29(16-18-6-7-19-12-13-27-24(19)14-18)34(32,33)22-10-8-20(9-11-22)26(30)31/h2-15,27H,16H2,1H3,(H,30,31). The van der Waals surface area contributed by atoms with Crippen molar-refractivity contribution in [2.75, 3.05) is 4.31 Å². The Kier molecular flexibility index (Phi) is 5.30. The second-order valence-electron chi connectivity index (χ2n) is 8.03. The molecule has 8 heteroatoms. The zero-order chi connectivity index (χ0) is 23.9. The van der Waals surface area contributed by atoms with Gasteiger partial charge in [0.1, 0.15) is 5.82 Å². The molecule has 0 aliphatic rings. The van der Waals surface area contributed by atoms with Crippen LogP contribution in [0.15, 0.2) is 90.1 Å². The molecule has 7 nitrogen and oxygen atoms in total. The average Bonchev–Trinajstić information content (AvgIpc) is 3.31. The van der Waals surface area contributed by atoms with Gasteiger partial charge in [-0.05, 0) is 59.7 Å². The van der Waals surface area contributed by atoms with Gasteiger partial charge >= 0.3 is 5.97 Å². The van der Waals surface area contributed by atoms with E-state index in [0.29, 0.717) is 5.82 Å². The van der Waals surface area contributed by atoms with E-state index < -0.39 is 16.0 Å². The number of H-pyrrole nitrogens is 1. The number of anilines is 1. The third kappa shape index (κ3) is 3.78. The molecule has 5 aromatic rings. The number of carboxylic acid groups (broad SMARTS) is 1. The highest BCUT2D eigenvalue weighted by Gasteiger charge is 2.28. The van der Waals surface area contributed by atoms with Crippen molar-refractivity contribution in [2.24, 2.45) is 0 Å². The Morgan fingerprint density at radius 2 is 1.76 bits per heavy atom. The molecule has 0 radical (unpaired) electrons. The molecule has 0 aliphatic heterocycles. The number of nitrogens with one attached hydrogen (secondary N) is 1. The second kappa shape index (κ2) is 8.31. The van der Waals surface area contributed by atoms with E-state index in [2.05, 4.69) is 9.97 Å². The Morgan fingerprint density at radius 3 is 2.53 bits per heavy atom. The Morgan fingerprint density at radius 1 is 1.00 bits per heavy atom. The third-order valence-corrected chi connectivity index (χ3v) is 7.65. The molecule has 0 amide bonds. The largest absolute Gasteiger partial charge is 0.478 e. The van der Waals surface area contributed by atoms with E-state index in [1.165, 1.54) is 28.6 Å². The molecular weight excluding hydrogens is 450 g/mol. The number of carboxylic acids is 1. The number of aromatic amines is 1. The van der Waals surface area contributed by atoms with Crippen molar-refractivity contribution in [2.45, 2.75) is 18.4 Å². The van der Waals surface area contributed by atoms with Crippen LogP contribution in [0.2, 0.25) is 0 Å². The van der Waals surface area contributed by atoms with Gasteiger partial charge in [0.15, 0.2) is 0 Å². The third-order valence-electron chi connectivity index (χ3n) is 5.90. The van der Waals surface area contributed by atoms with Crippen LogP contribution in [0.5, 0.6) is 0 Å². The lowest BCUT2D eigenvalue weighted by molar-refractivity contribution is 0.0696. The molecule has 2 aromatic heterocycles. The highest BCUT2D eigenvalue weighted by molar-refractivity contribution is 7.92. The average molecular weight is 472 g/mol. The number of nitrogens with zero attached hydrogens (tertiary/aromatic N) is 2. The quantitative estimate of drug-likeness (QED) is 0.358. The smallest absolute Gasteiger partial charge is 0.335 e. The second-order valence-corrected chi connectivity index (χ2v) is 9.90. The fraction of sp³-hybridized carbons (Fsp3) is 0.0769. The molecule has 0 unspecified atom stereocenters. The van der Waals surface area contributed by atoms with Gasteiger partial charge in [-0.15, -0.1) is 0 Å². The van der Waals surface area contributed by atoms with Gasteiger partial charge < -0.3 is 10.1 Å². The lowest BCUT2D eigenvalue weighted by Gasteiger charge is -2.26. The Labute approximate surface area is 196 Å². The number of aryl methyl sites for hydroxylation is 1. The van der Waals surface area contributed by atoms with Gasteiger partial charge in [-0.25, -0.2) is 22.5 Å². The number of pyridine rings is 1. The maximum atomic E-state index is 13.9. The summed E-state index contributed by atoms with van der Waals surface area (Å²) in [6, 6.07) is 20.6. The number of hydrogen-bond acceptors (Lipinski definition) is 4. The van der Waals surface area contributed by atoms with E-state index in [1.807, 2.05) is 61.7 Å². The molecule has 0 fully saturated rings. The number of benzene rings is 3. The summed E-state index contributed by atoms with van der Waals surface area (Å²) < 4.78 is 29.0. The summed E-state index contributed by atoms with van der Waals surface area (Å²) in [5.74, 6) is -0.792. The lowest BCUT2D eigenvalue weighted by Crippen LogP contribution is -2.32. The molecule has 170 valence electrons. The summed E-state index contributed by atoms with van der Waals surface area (Å²) >= 11 is 0. The Bertz CT molecular complexity index is 1640. The van der Waals surface area contributed by atoms with E-state index in [9.17, 15) is 18.3 Å². The van der Waals surface area contributed by atoms with Gasteiger partial charge in [-0.3, -0.25) is 0 Å². The van der Waals surface area contributed by atoms with E-state index in [-0.39, 0.29) is 17.0 Å². The van der Waals surface area contributed by atoms with Crippen LogP contribution in [-0.2, 0) is 16.6 Å². The van der Waals surface area contributed by atoms with Crippen LogP contribution in [0.4, 0.5) is 5.82 Å². The van der Waals surface area contributed by atoms with Crippen molar-refractivity contribution in [3.05, 3.63) is 102 Å². The molecule has 3 aromatic carbocycles. The number of sulfonamides is 1. The number of aromatic nitrogens is 2. The predicted octanol–water partition coefficient (Wildman–Crippen LogP) is 5.12. The summed E-state index contributed by atoms with van der Waals surface area (Å²) in [7, 11) is -4.06. The van der Waals surface area contributed by atoms with Crippen LogP contribution in [0.3, 0.4) is 0 Å². The van der Waals surface area contributed by atoms with Crippen molar-refractivity contribution in [3.8, 4) is 0 Å². The zero-order valence-corrected chi connectivity index (χ0v) is 19.1. The van der Waals surface area contributed by atoms with Crippen LogP contribution < -0.4 is 4.31 Å². The topological polar surface area (TPSA) is 103 Å². The van der Waals surface area contributed by atoms with E-state index in [1.54, 1.807) is 6.20 Å². The molecule has 5 rings (SSSR count). The minimum absolute atomic E-state index is 0.00666. The first kappa shape index (κ1) is 21.7. The molecule has 0 spiro atoms. The molecule has 0 atom stereocenters. The van der Waals surface area contributed by atoms with E-state index in [4.69, 9.17) is 0 Å². The normalized spacial score (nSPS) is 11.7. The zero-order valence-electron chi connectivity index (χ0n) is 18.3. The van der Waals surface area contributed by atoms with Crippen molar-refractivity contribution in [1.29, 1.82) is 0 Å². The summed E-state index contributed by atoms with van der Waals surface area (Å²) in [4.78, 5) is 18.9. The minimum atomic E-state index is -4.06. The van der Waals surface area contributed by atoms with Gasteiger partial charge in [-0.1, -0.05) is 36.4 Å². The Balaban J connectivity index is 1.66. The number of aromatic carboxylic acids is 1. The number of rotatable bonds is 6. The van der Waals surface area contributed by atoms with Crippen LogP contribution >= 0.6 is 0 Å². The first-order chi connectivity index (χ1) is 16.3. The van der Waals surface area contributed by atoms with Crippen LogP contribution in [0.1, 0.15) is 21.5 Å². The van der Waals surface area contributed by atoms with Crippen molar-refractivity contribution < 1.29 is 18.3 Å². The summed E-state index contributed by atoms with van der Waals surface area (Å²) in [5, 5.41) is 12.1. The van der Waals surface area contributed by atoms with Gasteiger partial charge in [0, 0.05) is 28.9 Å². The van der Waals surface area contributed by atoms with Gasteiger partial charge in [0.2, 0.25) is 0 Å². The lowest BCUT2D eigenvalue weighted by atomic mass is 10.1. The first-order valence-corrected chi connectivity index (χ1v) is 12.0. The Hall–Kier alpha value is -4.17. The summed E-state index contributed by atoms with van der Waals surface area (Å²) in [6.45, 7) is 1.92. The van der Waals surface area contributed by atoms with Crippen LogP contribution in [0.25, 0.3) is 21.7 Å². The molecule has 0 saturated carbocycles. The highest BCUT2D eigenvalue weighted by Crippen LogP contribution is 2.31. The fourth-order valence-corrected chi connectivity index (χ4v) is 5.55. The maximum Gasteiger partial charge on any atom is 0.335 e. The van der Waals surface area contributed by atoms with E-state index in [0.717, 1.165) is 32.8 Å². The molecule has 34 heavy (non-hydrogen) atoms. The van der Waals surface area contributed by atoms with Gasteiger partial charge in [0.25, 0.3) is 10.0 Å². The molecule has 0 bridgehead atoms. The van der Waals surface area contributed by atoms with Crippen molar-refractivity contribution >= 4 is 43.5 Å². The van der Waals surface area contributed by atoms with Gasteiger partial charge in [-0.2, -0.15) is 0 Å².